The molecule has 0 aromatic heterocycles. The number of aliphatic hydroxyl groups is 1. The van der Waals surface area contributed by atoms with Crippen LogP contribution in [0.5, 0.6) is 0 Å². The maximum Gasteiger partial charge on any atom is 0.341 e. The van der Waals surface area contributed by atoms with Crippen molar-refractivity contribution in [3.8, 4) is 0 Å². The summed E-state index contributed by atoms with van der Waals surface area (Å²) in [5.74, 6) is -1.68. The van der Waals surface area contributed by atoms with Gasteiger partial charge in [0.05, 0.1) is 0 Å². The van der Waals surface area contributed by atoms with Gasteiger partial charge in [0.15, 0.2) is 0 Å². The van der Waals surface area contributed by atoms with Crippen molar-refractivity contribution < 1.29 is 19.4 Å². The van der Waals surface area contributed by atoms with E-state index in [9.17, 15) is 14.3 Å². The summed E-state index contributed by atoms with van der Waals surface area (Å²) >= 11 is 0. The highest BCUT2D eigenvalue weighted by Crippen LogP contribution is 2.35. The van der Waals surface area contributed by atoms with E-state index in [4.69, 9.17) is 5.11 Å². The van der Waals surface area contributed by atoms with Crippen molar-refractivity contribution in [2.45, 2.75) is 32.5 Å². The van der Waals surface area contributed by atoms with E-state index in [2.05, 4.69) is 6.58 Å². The third-order valence-electron chi connectivity index (χ3n) is 2.12. The number of rotatable bonds is 3. The number of halogens is 1. The zero-order valence-electron chi connectivity index (χ0n) is 8.04. The van der Waals surface area contributed by atoms with Crippen LogP contribution in [0.25, 0.3) is 0 Å². The summed E-state index contributed by atoms with van der Waals surface area (Å²) in [4.78, 5) is 10.4. The van der Waals surface area contributed by atoms with Gasteiger partial charge in [-0.25, -0.2) is 9.18 Å². The molecule has 0 heterocycles. The largest absolute Gasteiger partial charge is 0.479 e. The number of carboxylic acids is 1. The number of hydrogen-bond acceptors (Lipinski definition) is 2. The van der Waals surface area contributed by atoms with Crippen molar-refractivity contribution in [3.63, 3.8) is 0 Å². The van der Waals surface area contributed by atoms with Crippen LogP contribution in [0.2, 0.25) is 0 Å². The number of alkyl halides is 1. The quantitative estimate of drug-likeness (QED) is 0.661. The average molecular weight is 190 g/mol. The van der Waals surface area contributed by atoms with E-state index >= 15 is 0 Å². The molecule has 13 heavy (non-hydrogen) atoms. The molecule has 0 spiro atoms. The van der Waals surface area contributed by atoms with Gasteiger partial charge in [-0.3, -0.25) is 0 Å². The summed E-state index contributed by atoms with van der Waals surface area (Å²) in [6.07, 6.45) is -1.42. The minimum absolute atomic E-state index is 0.910. The van der Waals surface area contributed by atoms with Gasteiger partial charge in [0.1, 0.15) is 5.60 Å². The van der Waals surface area contributed by atoms with Crippen LogP contribution >= 0.6 is 0 Å². The van der Waals surface area contributed by atoms with Crippen LogP contribution in [0.15, 0.2) is 12.7 Å². The molecular formula is C9H15FO3. The Bertz CT molecular complexity index is 219. The van der Waals surface area contributed by atoms with E-state index in [0.29, 0.717) is 0 Å². The fourth-order valence-corrected chi connectivity index (χ4v) is 0.978. The lowest BCUT2D eigenvalue weighted by Gasteiger charge is -2.38. The molecule has 3 nitrogen and oxygen atoms in total. The SMILES string of the molecule is C=CC(O)(C(F)C(=O)O)C(C)(C)C. The standard InChI is InChI=1S/C9H15FO3/c1-5-9(13,8(2,3)4)6(10)7(11)12/h5-6,13H,1H2,2-4H3,(H,11,12). The maximum absolute atomic E-state index is 13.1. The Labute approximate surface area is 76.9 Å². The van der Waals surface area contributed by atoms with Crippen molar-refractivity contribution in [2.75, 3.05) is 0 Å². The first-order valence-electron chi connectivity index (χ1n) is 3.89. The minimum Gasteiger partial charge on any atom is -0.479 e. The highest BCUT2D eigenvalue weighted by molar-refractivity contribution is 5.74. The van der Waals surface area contributed by atoms with E-state index in [1.807, 2.05) is 0 Å². The van der Waals surface area contributed by atoms with E-state index in [-0.39, 0.29) is 0 Å². The Balaban J connectivity index is 5.06. The Morgan fingerprint density at radius 3 is 2.00 bits per heavy atom. The predicted molar refractivity (Wildman–Crippen MR) is 47.1 cm³/mol. The monoisotopic (exact) mass is 190 g/mol. The fraction of sp³-hybridized carbons (Fsp3) is 0.667. The first kappa shape index (κ1) is 12.1. The summed E-state index contributed by atoms with van der Waals surface area (Å²) < 4.78 is 13.1. The van der Waals surface area contributed by atoms with E-state index < -0.39 is 23.2 Å². The molecule has 2 atom stereocenters. The first-order chi connectivity index (χ1) is 5.66. The average Bonchev–Trinajstić information content (AvgIpc) is 1.99. The first-order valence-corrected chi connectivity index (χ1v) is 3.89. The van der Waals surface area contributed by atoms with Crippen molar-refractivity contribution in [1.29, 1.82) is 0 Å². The minimum atomic E-state index is -2.36. The molecule has 0 aromatic rings. The highest BCUT2D eigenvalue weighted by atomic mass is 19.1. The van der Waals surface area contributed by atoms with Crippen LogP contribution in [0.1, 0.15) is 20.8 Å². The summed E-state index contributed by atoms with van der Waals surface area (Å²) in [5, 5.41) is 18.2. The molecule has 76 valence electrons. The molecule has 0 aliphatic heterocycles. The molecule has 0 rings (SSSR count). The van der Waals surface area contributed by atoms with E-state index in [0.717, 1.165) is 6.08 Å². The van der Waals surface area contributed by atoms with Gasteiger partial charge < -0.3 is 10.2 Å². The van der Waals surface area contributed by atoms with E-state index in [1.165, 1.54) is 0 Å². The zero-order valence-corrected chi connectivity index (χ0v) is 8.04. The Hall–Kier alpha value is -0.900. The molecule has 0 aromatic carbocycles. The molecule has 0 amide bonds. The van der Waals surface area contributed by atoms with Gasteiger partial charge in [-0.1, -0.05) is 26.8 Å². The molecule has 0 aliphatic rings. The second-order valence-electron chi connectivity index (χ2n) is 3.98. The molecule has 0 fully saturated rings. The topological polar surface area (TPSA) is 57.5 Å². The maximum atomic E-state index is 13.1. The van der Waals surface area contributed by atoms with Crippen LogP contribution in [-0.4, -0.2) is 28.0 Å². The number of hydrogen-bond donors (Lipinski definition) is 2. The highest BCUT2D eigenvalue weighted by Gasteiger charge is 2.48. The lowest BCUT2D eigenvalue weighted by Crippen LogP contribution is -2.52. The summed E-state index contributed by atoms with van der Waals surface area (Å²) in [6.45, 7) is 7.89. The van der Waals surface area contributed by atoms with Gasteiger partial charge in [-0.15, -0.1) is 6.58 Å². The second kappa shape index (κ2) is 3.46. The molecule has 0 radical (unpaired) electrons. The van der Waals surface area contributed by atoms with Gasteiger partial charge in [-0.05, 0) is 5.41 Å². The van der Waals surface area contributed by atoms with Crippen LogP contribution in [0, 0.1) is 5.41 Å². The van der Waals surface area contributed by atoms with Gasteiger partial charge in [0.2, 0.25) is 6.17 Å². The third kappa shape index (κ3) is 2.06. The lowest BCUT2D eigenvalue weighted by molar-refractivity contribution is -0.158. The normalized spacial score (nSPS) is 18.8. The van der Waals surface area contributed by atoms with Gasteiger partial charge in [0.25, 0.3) is 0 Å². The molecular weight excluding hydrogens is 175 g/mol. The molecule has 0 bridgehead atoms. The summed E-state index contributed by atoms with van der Waals surface area (Å²) in [7, 11) is 0. The number of carboxylic acid groups (broad SMARTS) is 1. The summed E-state index contributed by atoms with van der Waals surface area (Å²) in [5.41, 5.74) is -2.95. The van der Waals surface area contributed by atoms with E-state index in [1.54, 1.807) is 20.8 Å². The van der Waals surface area contributed by atoms with Gasteiger partial charge in [-0.2, -0.15) is 0 Å². The van der Waals surface area contributed by atoms with Crippen molar-refractivity contribution in [2.24, 2.45) is 5.41 Å². The molecule has 0 saturated heterocycles. The Morgan fingerprint density at radius 1 is 1.54 bits per heavy atom. The fourth-order valence-electron chi connectivity index (χ4n) is 0.978. The Morgan fingerprint density at radius 2 is 1.92 bits per heavy atom. The third-order valence-corrected chi connectivity index (χ3v) is 2.12. The molecule has 0 saturated carbocycles. The smallest absolute Gasteiger partial charge is 0.341 e. The summed E-state index contributed by atoms with van der Waals surface area (Å²) in [6, 6.07) is 0. The van der Waals surface area contributed by atoms with Crippen molar-refractivity contribution in [1.82, 2.24) is 0 Å². The zero-order chi connectivity index (χ0) is 10.9. The number of carbonyl (C=O) groups is 1. The van der Waals surface area contributed by atoms with Crippen LogP contribution in [0.3, 0.4) is 0 Å². The van der Waals surface area contributed by atoms with Gasteiger partial charge >= 0.3 is 5.97 Å². The Kier molecular flexibility index (Phi) is 3.22. The lowest BCUT2D eigenvalue weighted by atomic mass is 9.73. The molecule has 2 N–H and O–H groups in total. The van der Waals surface area contributed by atoms with Crippen LogP contribution < -0.4 is 0 Å². The second-order valence-corrected chi connectivity index (χ2v) is 3.98. The van der Waals surface area contributed by atoms with Crippen molar-refractivity contribution in [3.05, 3.63) is 12.7 Å². The van der Waals surface area contributed by atoms with Crippen molar-refractivity contribution >= 4 is 5.97 Å². The van der Waals surface area contributed by atoms with Gasteiger partial charge in [0, 0.05) is 0 Å². The van der Waals surface area contributed by atoms with Crippen LogP contribution in [-0.2, 0) is 4.79 Å². The molecule has 4 heteroatoms. The molecule has 2 unspecified atom stereocenters. The predicted octanol–water partition coefficient (Wildman–Crippen LogP) is 1.37. The van der Waals surface area contributed by atoms with Crippen LogP contribution in [0.4, 0.5) is 4.39 Å². The molecule has 0 aliphatic carbocycles. The number of aliphatic carboxylic acids is 1.